The number of benzene rings is 2. The maximum atomic E-state index is 12.4. The van der Waals surface area contributed by atoms with Gasteiger partial charge in [-0.3, -0.25) is 4.79 Å². The third kappa shape index (κ3) is 6.26. The van der Waals surface area contributed by atoms with Crippen LogP contribution in [-0.2, 0) is 4.79 Å². The van der Waals surface area contributed by atoms with Gasteiger partial charge < -0.3 is 20.4 Å². The maximum Gasteiger partial charge on any atom is 0.247 e. The predicted octanol–water partition coefficient (Wildman–Crippen LogP) is 5.46. The van der Waals surface area contributed by atoms with Crippen molar-refractivity contribution >= 4 is 39.3 Å². The minimum absolute atomic E-state index is 0.0308. The Morgan fingerprint density at radius 3 is 2.35 bits per heavy atom. The van der Waals surface area contributed by atoms with E-state index in [2.05, 4.69) is 72.6 Å². The maximum absolute atomic E-state index is 12.4. The van der Waals surface area contributed by atoms with Crippen LogP contribution in [0, 0.1) is 0 Å². The molecular weight excluding hydrogens is 444 g/mol. The van der Waals surface area contributed by atoms with E-state index in [-0.39, 0.29) is 19.1 Å². The first kappa shape index (κ1) is 25.9. The summed E-state index contributed by atoms with van der Waals surface area (Å²) in [5.41, 5.74) is 3.96. The van der Waals surface area contributed by atoms with E-state index in [1.54, 1.807) is 18.3 Å². The molecule has 1 aromatic heterocycles. The number of anilines is 1. The first-order chi connectivity index (χ1) is 16.4. The highest BCUT2D eigenvalue weighted by molar-refractivity contribution is 7.16. The zero-order chi connectivity index (χ0) is 24.7. The summed E-state index contributed by atoms with van der Waals surface area (Å²) in [6.45, 7) is 9.96. The number of thiophene rings is 1. The van der Waals surface area contributed by atoms with Gasteiger partial charge in [0.1, 0.15) is 0 Å². The molecule has 5 nitrogen and oxygen atoms in total. The van der Waals surface area contributed by atoms with Crippen LogP contribution in [0.15, 0.2) is 54.1 Å². The minimum atomic E-state index is -0.948. The molecule has 0 aliphatic heterocycles. The SMILES string of the molecule is CCCN(CCC)c1ccc2cc(-c3ccc(C(C)=C(C)C(=O)NCC(O)CO)s3)ccc2c1. The van der Waals surface area contributed by atoms with Crippen LogP contribution >= 0.6 is 11.3 Å². The van der Waals surface area contributed by atoms with Gasteiger partial charge in [-0.1, -0.05) is 32.0 Å². The molecule has 3 aromatic rings. The van der Waals surface area contributed by atoms with Crippen LogP contribution in [0.3, 0.4) is 0 Å². The van der Waals surface area contributed by atoms with E-state index >= 15 is 0 Å². The van der Waals surface area contributed by atoms with Gasteiger partial charge in [0.15, 0.2) is 0 Å². The summed E-state index contributed by atoms with van der Waals surface area (Å²) in [5, 5.41) is 23.5. The molecule has 6 heteroatoms. The minimum Gasteiger partial charge on any atom is -0.394 e. The standard InChI is InChI=1S/C28H36N2O3S/c1-5-13-30(14-6-2)24-10-9-21-15-23(8-7-22(21)16-24)27-12-11-26(34-27)19(3)20(4)28(33)29-17-25(32)18-31/h7-12,15-16,25,31-32H,5-6,13-14,17-18H2,1-4H3,(H,29,33). The summed E-state index contributed by atoms with van der Waals surface area (Å²) in [4.78, 5) is 17.0. The number of allylic oxidation sites excluding steroid dienone is 1. The molecule has 1 atom stereocenters. The molecule has 0 saturated heterocycles. The van der Waals surface area contributed by atoms with Crippen molar-refractivity contribution in [2.45, 2.75) is 46.6 Å². The molecule has 0 bridgehead atoms. The topological polar surface area (TPSA) is 72.8 Å². The fourth-order valence-corrected chi connectivity index (χ4v) is 5.01. The summed E-state index contributed by atoms with van der Waals surface area (Å²) < 4.78 is 0. The molecule has 0 radical (unpaired) electrons. The fourth-order valence-electron chi connectivity index (χ4n) is 3.95. The van der Waals surface area contributed by atoms with Crippen LogP contribution in [0.25, 0.3) is 26.8 Å². The normalized spacial score (nSPS) is 13.0. The molecule has 0 spiro atoms. The lowest BCUT2D eigenvalue weighted by molar-refractivity contribution is -0.117. The van der Waals surface area contributed by atoms with E-state index in [4.69, 9.17) is 5.11 Å². The van der Waals surface area contributed by atoms with Crippen LogP contribution in [0.5, 0.6) is 0 Å². The van der Waals surface area contributed by atoms with Crippen molar-refractivity contribution in [1.29, 1.82) is 0 Å². The molecular formula is C28H36N2O3S. The Bertz CT molecular complexity index is 1150. The van der Waals surface area contributed by atoms with Gasteiger partial charge in [-0.15, -0.1) is 11.3 Å². The van der Waals surface area contributed by atoms with E-state index in [0.717, 1.165) is 46.8 Å². The number of fused-ring (bicyclic) bond motifs is 1. The Kier molecular flexibility index (Phi) is 9.28. The summed E-state index contributed by atoms with van der Waals surface area (Å²) >= 11 is 1.66. The van der Waals surface area contributed by atoms with Crippen molar-refractivity contribution in [3.05, 3.63) is 59.0 Å². The molecule has 1 heterocycles. The highest BCUT2D eigenvalue weighted by Crippen LogP contribution is 2.35. The van der Waals surface area contributed by atoms with Crippen LogP contribution in [-0.4, -0.2) is 48.5 Å². The average molecular weight is 481 g/mol. The van der Waals surface area contributed by atoms with Crippen molar-refractivity contribution in [3.63, 3.8) is 0 Å². The summed E-state index contributed by atoms with van der Waals surface area (Å²) in [6, 6.07) is 17.5. The van der Waals surface area contributed by atoms with E-state index in [1.807, 2.05) is 6.92 Å². The lowest BCUT2D eigenvalue weighted by atomic mass is 10.0. The van der Waals surface area contributed by atoms with Gasteiger partial charge in [-0.25, -0.2) is 0 Å². The number of rotatable bonds is 11. The molecule has 0 aliphatic carbocycles. The lowest BCUT2D eigenvalue weighted by Crippen LogP contribution is -2.34. The Labute approximate surface area is 206 Å². The van der Waals surface area contributed by atoms with Crippen molar-refractivity contribution in [2.24, 2.45) is 0 Å². The van der Waals surface area contributed by atoms with Crippen molar-refractivity contribution in [2.75, 3.05) is 31.1 Å². The molecule has 3 rings (SSSR count). The second-order valence-corrected chi connectivity index (χ2v) is 9.78. The highest BCUT2D eigenvalue weighted by atomic mass is 32.1. The highest BCUT2D eigenvalue weighted by Gasteiger charge is 2.13. The monoisotopic (exact) mass is 480 g/mol. The lowest BCUT2D eigenvalue weighted by Gasteiger charge is -2.24. The van der Waals surface area contributed by atoms with Crippen LogP contribution in [0.1, 0.15) is 45.4 Å². The number of aliphatic hydroxyl groups is 2. The molecule has 0 aliphatic rings. The number of carbonyl (C=O) groups excluding carboxylic acids is 1. The van der Waals surface area contributed by atoms with E-state index in [9.17, 15) is 9.90 Å². The van der Waals surface area contributed by atoms with Crippen LogP contribution < -0.4 is 10.2 Å². The smallest absolute Gasteiger partial charge is 0.247 e. The van der Waals surface area contributed by atoms with Gasteiger partial charge in [-0.2, -0.15) is 0 Å². The van der Waals surface area contributed by atoms with Crippen molar-refractivity contribution < 1.29 is 15.0 Å². The average Bonchev–Trinajstić information content (AvgIpc) is 3.35. The summed E-state index contributed by atoms with van der Waals surface area (Å²) in [5.74, 6) is -0.235. The first-order valence-electron chi connectivity index (χ1n) is 12.0. The number of hydrogen-bond acceptors (Lipinski definition) is 5. The largest absolute Gasteiger partial charge is 0.394 e. The van der Waals surface area contributed by atoms with Gasteiger partial charge in [0.25, 0.3) is 0 Å². The first-order valence-corrected chi connectivity index (χ1v) is 12.8. The number of hydrogen-bond donors (Lipinski definition) is 3. The molecule has 182 valence electrons. The number of carbonyl (C=O) groups is 1. The quantitative estimate of drug-likeness (QED) is 0.319. The Hall–Kier alpha value is -2.67. The third-order valence-corrected chi connectivity index (χ3v) is 7.30. The van der Waals surface area contributed by atoms with Crippen LogP contribution in [0.2, 0.25) is 0 Å². The Morgan fingerprint density at radius 1 is 1.00 bits per heavy atom. The van der Waals surface area contributed by atoms with Gasteiger partial charge >= 0.3 is 0 Å². The summed E-state index contributed by atoms with van der Waals surface area (Å²) in [7, 11) is 0. The van der Waals surface area contributed by atoms with Crippen molar-refractivity contribution in [1.82, 2.24) is 5.32 Å². The van der Waals surface area contributed by atoms with Crippen molar-refractivity contribution in [3.8, 4) is 10.4 Å². The van der Waals surface area contributed by atoms with Gasteiger partial charge in [0, 0.05) is 40.6 Å². The van der Waals surface area contributed by atoms with Gasteiger partial charge in [-0.05, 0) is 78.9 Å². The third-order valence-electron chi connectivity index (χ3n) is 6.05. The molecule has 1 unspecified atom stereocenters. The van der Waals surface area contributed by atoms with Gasteiger partial charge in [0.2, 0.25) is 5.91 Å². The second-order valence-electron chi connectivity index (χ2n) is 8.69. The molecule has 1 amide bonds. The molecule has 0 saturated carbocycles. The Morgan fingerprint density at radius 2 is 1.68 bits per heavy atom. The van der Waals surface area contributed by atoms with E-state index in [1.165, 1.54) is 16.5 Å². The zero-order valence-corrected chi connectivity index (χ0v) is 21.4. The van der Waals surface area contributed by atoms with Gasteiger partial charge in [0.05, 0.1) is 12.7 Å². The molecule has 2 aromatic carbocycles. The number of amides is 1. The zero-order valence-electron chi connectivity index (χ0n) is 20.6. The predicted molar refractivity (Wildman–Crippen MR) is 144 cm³/mol. The molecule has 34 heavy (non-hydrogen) atoms. The second kappa shape index (κ2) is 12.2. The Balaban J connectivity index is 1.81. The fraction of sp³-hybridized carbons (Fsp3) is 0.393. The number of nitrogens with zero attached hydrogens (tertiary/aromatic N) is 1. The number of aliphatic hydroxyl groups excluding tert-OH is 2. The van der Waals surface area contributed by atoms with Crippen LogP contribution in [0.4, 0.5) is 5.69 Å². The summed E-state index contributed by atoms with van der Waals surface area (Å²) in [6.07, 6.45) is 1.32. The number of nitrogens with one attached hydrogen (secondary N) is 1. The molecule has 0 fully saturated rings. The van der Waals surface area contributed by atoms with E-state index in [0.29, 0.717) is 5.57 Å². The van der Waals surface area contributed by atoms with E-state index < -0.39 is 6.10 Å². The molecule has 3 N–H and O–H groups in total.